The van der Waals surface area contributed by atoms with Gasteiger partial charge in [-0.1, -0.05) is 6.07 Å². The second-order valence-electron chi connectivity index (χ2n) is 6.42. The van der Waals surface area contributed by atoms with Gasteiger partial charge in [0.15, 0.2) is 0 Å². The van der Waals surface area contributed by atoms with Gasteiger partial charge in [0.2, 0.25) is 0 Å². The molecule has 2 rings (SSSR count). The maximum Gasteiger partial charge on any atom is 0.321 e. The number of benzene rings is 1. The summed E-state index contributed by atoms with van der Waals surface area (Å²) in [6.07, 6.45) is 2.08. The van der Waals surface area contributed by atoms with E-state index in [9.17, 15) is 4.79 Å². The van der Waals surface area contributed by atoms with E-state index >= 15 is 0 Å². The van der Waals surface area contributed by atoms with Crippen LogP contribution in [0.1, 0.15) is 25.3 Å². The first-order chi connectivity index (χ1) is 11.0. The van der Waals surface area contributed by atoms with Crippen molar-refractivity contribution in [3.05, 3.63) is 23.8 Å². The number of carbonyl (C=O) groups excluding carboxylic acids is 1. The van der Waals surface area contributed by atoms with Crippen molar-refractivity contribution < 1.29 is 9.53 Å². The third-order valence-corrected chi connectivity index (χ3v) is 4.47. The average Bonchev–Trinajstić information content (AvgIpc) is 2.55. The summed E-state index contributed by atoms with van der Waals surface area (Å²) in [4.78, 5) is 16.6. The van der Waals surface area contributed by atoms with E-state index in [1.165, 1.54) is 0 Å². The van der Waals surface area contributed by atoms with Crippen LogP contribution in [0.2, 0.25) is 0 Å². The molecule has 1 aliphatic heterocycles. The minimum absolute atomic E-state index is 0.0157. The Labute approximate surface area is 139 Å². The molecule has 1 aliphatic rings. The lowest BCUT2D eigenvalue weighted by Gasteiger charge is -2.29. The quantitative estimate of drug-likeness (QED) is 0.905. The monoisotopic (exact) mass is 319 g/mol. The third-order valence-electron chi connectivity index (χ3n) is 4.47. The summed E-state index contributed by atoms with van der Waals surface area (Å²) in [6.45, 7) is 7.20. The number of hydrogen-bond donors (Lipinski definition) is 1. The Balaban J connectivity index is 2.02. The summed E-state index contributed by atoms with van der Waals surface area (Å²) in [5.74, 6) is 0.545. The maximum atomic E-state index is 12.6. The van der Waals surface area contributed by atoms with Crippen molar-refractivity contribution in [2.45, 2.75) is 26.7 Å². The van der Waals surface area contributed by atoms with Crippen LogP contribution in [0.4, 0.5) is 16.2 Å². The van der Waals surface area contributed by atoms with Crippen molar-refractivity contribution in [1.29, 1.82) is 0 Å². The molecular weight excluding hydrogens is 290 g/mol. The normalized spacial score (nSPS) is 15.3. The molecule has 5 heteroatoms. The standard InChI is InChI=1S/C18H29N3O2/c1-5-21(13-15-8-10-23-11-9-15)18(22)19-17-12-16(20(3)4)7-6-14(17)2/h6-7,12,15H,5,8-11,13H2,1-4H3,(H,19,22). The van der Waals surface area contributed by atoms with Gasteiger partial charge in [-0.15, -0.1) is 0 Å². The van der Waals surface area contributed by atoms with Crippen LogP contribution in [0, 0.1) is 12.8 Å². The number of ether oxygens (including phenoxy) is 1. The number of amides is 2. The SMILES string of the molecule is CCN(CC1CCOCC1)C(=O)Nc1cc(N(C)C)ccc1C. The zero-order valence-electron chi connectivity index (χ0n) is 14.8. The molecule has 23 heavy (non-hydrogen) atoms. The van der Waals surface area contributed by atoms with Gasteiger partial charge >= 0.3 is 6.03 Å². The Morgan fingerprint density at radius 3 is 2.61 bits per heavy atom. The van der Waals surface area contributed by atoms with Gasteiger partial charge in [0.1, 0.15) is 0 Å². The Hall–Kier alpha value is -1.75. The first-order valence-corrected chi connectivity index (χ1v) is 8.43. The highest BCUT2D eigenvalue weighted by Crippen LogP contribution is 2.23. The fraction of sp³-hybridized carbons (Fsp3) is 0.611. The van der Waals surface area contributed by atoms with E-state index in [1.54, 1.807) is 0 Å². The highest BCUT2D eigenvalue weighted by Gasteiger charge is 2.20. The Morgan fingerprint density at radius 2 is 2.00 bits per heavy atom. The van der Waals surface area contributed by atoms with E-state index in [2.05, 4.69) is 11.4 Å². The number of rotatable bonds is 5. The van der Waals surface area contributed by atoms with E-state index in [-0.39, 0.29) is 6.03 Å². The average molecular weight is 319 g/mol. The van der Waals surface area contributed by atoms with Crippen LogP contribution in [0.3, 0.4) is 0 Å². The largest absolute Gasteiger partial charge is 0.381 e. The summed E-state index contributed by atoms with van der Waals surface area (Å²) < 4.78 is 5.40. The minimum atomic E-state index is -0.0157. The van der Waals surface area contributed by atoms with Gasteiger partial charge in [0.25, 0.3) is 0 Å². The zero-order chi connectivity index (χ0) is 16.8. The second kappa shape index (κ2) is 8.20. The van der Waals surface area contributed by atoms with Gasteiger partial charge in [0, 0.05) is 51.8 Å². The fourth-order valence-electron chi connectivity index (χ4n) is 2.81. The van der Waals surface area contributed by atoms with Crippen molar-refractivity contribution in [2.24, 2.45) is 5.92 Å². The van der Waals surface area contributed by atoms with E-state index in [4.69, 9.17) is 4.74 Å². The minimum Gasteiger partial charge on any atom is -0.381 e. The van der Waals surface area contributed by atoms with Crippen molar-refractivity contribution in [3.63, 3.8) is 0 Å². The molecule has 1 heterocycles. The molecule has 0 atom stereocenters. The van der Waals surface area contributed by atoms with Gasteiger partial charge in [0.05, 0.1) is 0 Å². The number of nitrogens with zero attached hydrogens (tertiary/aromatic N) is 2. The third kappa shape index (κ3) is 4.86. The molecule has 1 aromatic carbocycles. The van der Waals surface area contributed by atoms with Gasteiger partial charge in [-0.3, -0.25) is 0 Å². The number of carbonyl (C=O) groups is 1. The summed E-state index contributed by atoms with van der Waals surface area (Å²) in [5.41, 5.74) is 3.04. The first-order valence-electron chi connectivity index (χ1n) is 8.43. The Kier molecular flexibility index (Phi) is 6.28. The second-order valence-corrected chi connectivity index (χ2v) is 6.42. The van der Waals surface area contributed by atoms with Crippen LogP contribution in [0.25, 0.3) is 0 Å². The number of hydrogen-bond acceptors (Lipinski definition) is 3. The molecule has 5 nitrogen and oxygen atoms in total. The van der Waals surface area contributed by atoms with Gasteiger partial charge in [-0.05, 0) is 50.3 Å². The van der Waals surface area contributed by atoms with Crippen LogP contribution in [-0.4, -0.2) is 51.3 Å². The van der Waals surface area contributed by atoms with Crippen molar-refractivity contribution in [3.8, 4) is 0 Å². The summed E-state index contributed by atoms with van der Waals surface area (Å²) >= 11 is 0. The molecule has 0 aromatic heterocycles. The molecule has 1 fully saturated rings. The number of nitrogens with one attached hydrogen (secondary N) is 1. The number of aryl methyl sites for hydroxylation is 1. The molecule has 1 N–H and O–H groups in total. The molecule has 1 saturated heterocycles. The number of anilines is 2. The molecule has 0 radical (unpaired) electrons. The zero-order valence-corrected chi connectivity index (χ0v) is 14.8. The van der Waals surface area contributed by atoms with Crippen molar-refractivity contribution in [2.75, 3.05) is 50.6 Å². The molecule has 2 amide bonds. The van der Waals surface area contributed by atoms with Crippen molar-refractivity contribution >= 4 is 17.4 Å². The maximum absolute atomic E-state index is 12.6. The lowest BCUT2D eigenvalue weighted by atomic mass is 10.00. The predicted molar refractivity (Wildman–Crippen MR) is 95.3 cm³/mol. The molecule has 1 aromatic rings. The smallest absolute Gasteiger partial charge is 0.321 e. The predicted octanol–water partition coefficient (Wildman–Crippen LogP) is 3.34. The summed E-state index contributed by atoms with van der Waals surface area (Å²) in [7, 11) is 4.00. The van der Waals surface area contributed by atoms with E-state index in [1.807, 2.05) is 49.9 Å². The summed E-state index contributed by atoms with van der Waals surface area (Å²) in [5, 5.41) is 3.08. The van der Waals surface area contributed by atoms with E-state index in [0.717, 1.165) is 56.1 Å². The van der Waals surface area contributed by atoms with Crippen LogP contribution >= 0.6 is 0 Å². The first kappa shape index (κ1) is 17.6. The number of urea groups is 1. The van der Waals surface area contributed by atoms with Gasteiger partial charge in [-0.2, -0.15) is 0 Å². The van der Waals surface area contributed by atoms with E-state index < -0.39 is 0 Å². The van der Waals surface area contributed by atoms with Gasteiger partial charge in [-0.25, -0.2) is 4.79 Å². The van der Waals surface area contributed by atoms with Gasteiger partial charge < -0.3 is 19.9 Å². The summed E-state index contributed by atoms with van der Waals surface area (Å²) in [6, 6.07) is 6.11. The van der Waals surface area contributed by atoms with Crippen LogP contribution in [0.15, 0.2) is 18.2 Å². The highest BCUT2D eigenvalue weighted by molar-refractivity contribution is 5.90. The van der Waals surface area contributed by atoms with Crippen molar-refractivity contribution in [1.82, 2.24) is 4.90 Å². The van der Waals surface area contributed by atoms with E-state index in [0.29, 0.717) is 5.92 Å². The highest BCUT2D eigenvalue weighted by atomic mass is 16.5. The molecule has 128 valence electrons. The molecule has 0 spiro atoms. The van der Waals surface area contributed by atoms with Crippen LogP contribution in [0.5, 0.6) is 0 Å². The van der Waals surface area contributed by atoms with Crippen LogP contribution < -0.4 is 10.2 Å². The Morgan fingerprint density at radius 1 is 1.30 bits per heavy atom. The van der Waals surface area contributed by atoms with Crippen LogP contribution in [-0.2, 0) is 4.74 Å². The molecule has 0 bridgehead atoms. The molecule has 0 unspecified atom stereocenters. The molecule has 0 saturated carbocycles. The lowest BCUT2D eigenvalue weighted by molar-refractivity contribution is 0.0576. The fourth-order valence-corrected chi connectivity index (χ4v) is 2.81. The lowest BCUT2D eigenvalue weighted by Crippen LogP contribution is -2.39. The molecular formula is C18H29N3O2. The Bertz CT molecular complexity index is 525. The molecule has 0 aliphatic carbocycles. The topological polar surface area (TPSA) is 44.8 Å².